The van der Waals surface area contributed by atoms with Gasteiger partial charge in [-0.1, -0.05) is 0 Å². The topological polar surface area (TPSA) is 54.7 Å². The Labute approximate surface area is 95.2 Å². The Kier molecular flexibility index (Phi) is 4.09. The lowest BCUT2D eigenvalue weighted by Crippen LogP contribution is -2.09. The normalized spacial score (nSPS) is 18.2. The van der Waals surface area contributed by atoms with Crippen LogP contribution in [-0.4, -0.2) is 28.0 Å². The van der Waals surface area contributed by atoms with E-state index in [1.165, 1.54) is 35.9 Å². The average Bonchev–Trinajstić information content (AvgIpc) is 2.76. The largest absolute Gasteiger partial charge is 0.346 e. The minimum atomic E-state index is 0.665. The van der Waals surface area contributed by atoms with Crippen molar-refractivity contribution in [2.45, 2.75) is 31.6 Å². The van der Waals surface area contributed by atoms with Crippen molar-refractivity contribution in [1.82, 2.24) is 9.97 Å². The van der Waals surface area contributed by atoms with Crippen molar-refractivity contribution in [3.8, 4) is 0 Å². The number of nitrogens with one attached hydrogen (secondary N) is 1. The van der Waals surface area contributed by atoms with Gasteiger partial charge in [0, 0.05) is 17.8 Å². The summed E-state index contributed by atoms with van der Waals surface area (Å²) in [4.78, 5) is 7.93. The summed E-state index contributed by atoms with van der Waals surface area (Å²) in [5.74, 6) is 4.42. The van der Waals surface area contributed by atoms with Crippen LogP contribution in [0.2, 0.25) is 0 Å². The quantitative estimate of drug-likeness (QED) is 0.823. The van der Waals surface area contributed by atoms with Crippen molar-refractivity contribution in [2.24, 2.45) is 5.73 Å². The minimum absolute atomic E-state index is 0.665. The first-order valence-electron chi connectivity index (χ1n) is 5.71. The van der Waals surface area contributed by atoms with E-state index in [9.17, 15) is 0 Å². The molecule has 4 heteroatoms. The summed E-state index contributed by atoms with van der Waals surface area (Å²) in [6, 6.07) is 0. The zero-order valence-corrected chi connectivity index (χ0v) is 9.85. The number of nitrogens with two attached hydrogens (primary N) is 1. The Bertz CT molecular complexity index is 292. The van der Waals surface area contributed by atoms with Gasteiger partial charge in [0.1, 0.15) is 5.82 Å². The molecule has 3 nitrogen and oxygen atoms in total. The second-order valence-corrected chi connectivity index (χ2v) is 5.30. The molecule has 0 radical (unpaired) electrons. The van der Waals surface area contributed by atoms with E-state index in [1.54, 1.807) is 0 Å². The molecule has 15 heavy (non-hydrogen) atoms. The third-order valence-electron chi connectivity index (χ3n) is 2.91. The fourth-order valence-corrected chi connectivity index (χ4v) is 3.08. The first-order valence-corrected chi connectivity index (χ1v) is 6.87. The Hall–Kier alpha value is -0.480. The third-order valence-corrected chi connectivity index (χ3v) is 3.96. The zero-order valence-electron chi connectivity index (χ0n) is 9.04. The fraction of sp³-hybridized carbons (Fsp3) is 0.727. The zero-order chi connectivity index (χ0) is 10.5. The Balaban J connectivity index is 1.93. The fourth-order valence-electron chi connectivity index (χ4n) is 1.97. The SMILES string of the molecule is NCCCc1cnc(C2CCSCC2)[nH]1. The van der Waals surface area contributed by atoms with Crippen LogP contribution in [0.5, 0.6) is 0 Å². The monoisotopic (exact) mass is 225 g/mol. The number of nitrogens with zero attached hydrogens (tertiary/aromatic N) is 1. The molecule has 0 aliphatic carbocycles. The summed E-state index contributed by atoms with van der Waals surface area (Å²) in [7, 11) is 0. The first kappa shape index (κ1) is 11.0. The average molecular weight is 225 g/mol. The maximum absolute atomic E-state index is 5.49. The number of thioether (sulfide) groups is 1. The van der Waals surface area contributed by atoms with E-state index in [2.05, 4.69) is 21.7 Å². The molecule has 0 aromatic carbocycles. The number of aromatic amines is 1. The predicted octanol–water partition coefficient (Wildman–Crippen LogP) is 1.91. The molecule has 1 aliphatic rings. The Morgan fingerprint density at radius 3 is 3.00 bits per heavy atom. The lowest BCUT2D eigenvalue weighted by molar-refractivity contribution is 0.603. The van der Waals surface area contributed by atoms with Crippen LogP contribution in [0.4, 0.5) is 0 Å². The summed E-state index contributed by atoms with van der Waals surface area (Å²) in [5, 5.41) is 0. The molecule has 0 saturated carbocycles. The van der Waals surface area contributed by atoms with E-state index < -0.39 is 0 Å². The maximum Gasteiger partial charge on any atom is 0.109 e. The molecule has 2 rings (SSSR count). The van der Waals surface area contributed by atoms with Gasteiger partial charge in [-0.3, -0.25) is 0 Å². The molecule has 84 valence electrons. The van der Waals surface area contributed by atoms with Crippen LogP contribution in [0.25, 0.3) is 0 Å². The van der Waals surface area contributed by atoms with E-state index in [1.807, 2.05) is 6.20 Å². The molecule has 3 N–H and O–H groups in total. The van der Waals surface area contributed by atoms with Gasteiger partial charge in [0.05, 0.1) is 0 Å². The highest BCUT2D eigenvalue weighted by atomic mass is 32.2. The maximum atomic E-state index is 5.49. The summed E-state index contributed by atoms with van der Waals surface area (Å²) < 4.78 is 0. The molecule has 0 bridgehead atoms. The van der Waals surface area contributed by atoms with Crippen LogP contribution in [-0.2, 0) is 6.42 Å². The number of hydrogen-bond donors (Lipinski definition) is 2. The van der Waals surface area contributed by atoms with Gasteiger partial charge >= 0.3 is 0 Å². The Morgan fingerprint density at radius 1 is 1.47 bits per heavy atom. The number of aromatic nitrogens is 2. The number of H-pyrrole nitrogens is 1. The van der Waals surface area contributed by atoms with E-state index in [0.717, 1.165) is 19.4 Å². The minimum Gasteiger partial charge on any atom is -0.346 e. The molecule has 0 atom stereocenters. The highest BCUT2D eigenvalue weighted by Crippen LogP contribution is 2.29. The van der Waals surface area contributed by atoms with E-state index >= 15 is 0 Å². The molecular formula is C11H19N3S. The van der Waals surface area contributed by atoms with Gasteiger partial charge in [-0.05, 0) is 43.7 Å². The van der Waals surface area contributed by atoms with Crippen LogP contribution in [0.3, 0.4) is 0 Å². The van der Waals surface area contributed by atoms with Crippen LogP contribution >= 0.6 is 11.8 Å². The molecule has 1 aromatic rings. The van der Waals surface area contributed by atoms with Gasteiger partial charge in [-0.25, -0.2) is 4.98 Å². The molecule has 0 unspecified atom stereocenters. The van der Waals surface area contributed by atoms with Crippen molar-refractivity contribution in [2.75, 3.05) is 18.1 Å². The molecule has 1 fully saturated rings. The molecule has 1 aliphatic heterocycles. The van der Waals surface area contributed by atoms with Crippen LogP contribution in [0.15, 0.2) is 6.20 Å². The van der Waals surface area contributed by atoms with Crippen LogP contribution in [0.1, 0.15) is 36.7 Å². The lowest BCUT2D eigenvalue weighted by Gasteiger charge is -2.18. The van der Waals surface area contributed by atoms with E-state index in [4.69, 9.17) is 5.73 Å². The van der Waals surface area contributed by atoms with Crippen molar-refractivity contribution in [3.63, 3.8) is 0 Å². The molecule has 1 saturated heterocycles. The number of imidazole rings is 1. The highest BCUT2D eigenvalue weighted by molar-refractivity contribution is 7.99. The van der Waals surface area contributed by atoms with Crippen LogP contribution < -0.4 is 5.73 Å². The molecule has 0 spiro atoms. The van der Waals surface area contributed by atoms with Crippen molar-refractivity contribution < 1.29 is 0 Å². The predicted molar refractivity (Wildman–Crippen MR) is 65.3 cm³/mol. The first-order chi connectivity index (χ1) is 7.40. The van der Waals surface area contributed by atoms with Crippen molar-refractivity contribution in [1.29, 1.82) is 0 Å². The van der Waals surface area contributed by atoms with E-state index in [-0.39, 0.29) is 0 Å². The summed E-state index contributed by atoms with van der Waals surface area (Å²) in [6.45, 7) is 0.758. The second kappa shape index (κ2) is 5.56. The van der Waals surface area contributed by atoms with Gasteiger partial charge in [0.25, 0.3) is 0 Å². The molecular weight excluding hydrogens is 206 g/mol. The smallest absolute Gasteiger partial charge is 0.109 e. The third kappa shape index (κ3) is 2.98. The van der Waals surface area contributed by atoms with Crippen molar-refractivity contribution in [3.05, 3.63) is 17.7 Å². The number of hydrogen-bond acceptors (Lipinski definition) is 3. The molecule has 1 aromatic heterocycles. The summed E-state index contributed by atoms with van der Waals surface area (Å²) in [5.41, 5.74) is 6.73. The number of rotatable bonds is 4. The summed E-state index contributed by atoms with van der Waals surface area (Å²) in [6.07, 6.45) is 6.60. The van der Waals surface area contributed by atoms with Gasteiger partial charge in [-0.2, -0.15) is 11.8 Å². The highest BCUT2D eigenvalue weighted by Gasteiger charge is 2.18. The molecule has 2 heterocycles. The van der Waals surface area contributed by atoms with Gasteiger partial charge in [0.15, 0.2) is 0 Å². The second-order valence-electron chi connectivity index (χ2n) is 4.07. The number of aryl methyl sites for hydroxylation is 1. The van der Waals surface area contributed by atoms with Crippen LogP contribution in [0, 0.1) is 0 Å². The van der Waals surface area contributed by atoms with Gasteiger partial charge in [0.2, 0.25) is 0 Å². The summed E-state index contributed by atoms with van der Waals surface area (Å²) >= 11 is 2.06. The molecule has 0 amide bonds. The Morgan fingerprint density at radius 2 is 2.27 bits per heavy atom. The van der Waals surface area contributed by atoms with Crippen molar-refractivity contribution >= 4 is 11.8 Å². The van der Waals surface area contributed by atoms with Gasteiger partial charge in [-0.15, -0.1) is 0 Å². The van der Waals surface area contributed by atoms with Gasteiger partial charge < -0.3 is 10.7 Å². The standard InChI is InChI=1S/C11H19N3S/c12-5-1-2-10-8-13-11(14-10)9-3-6-15-7-4-9/h8-9H,1-7,12H2,(H,13,14). The van der Waals surface area contributed by atoms with E-state index in [0.29, 0.717) is 5.92 Å². The lowest BCUT2D eigenvalue weighted by atomic mass is 10.0.